The number of carbonyl (C=O) groups is 5. The second kappa shape index (κ2) is 55.9. The fourth-order valence-electron chi connectivity index (χ4n) is 12.6. The molecule has 2 aliphatic rings. The molecule has 95 heavy (non-hydrogen) atoms. The topological polar surface area (TPSA) is 333 Å². The normalized spacial score (nSPS) is 22.4. The van der Waals surface area contributed by atoms with Crippen molar-refractivity contribution in [3.63, 3.8) is 0 Å². The van der Waals surface area contributed by atoms with E-state index in [1.165, 1.54) is 51.4 Å². The van der Waals surface area contributed by atoms with E-state index in [1.807, 2.05) is 0 Å². The van der Waals surface area contributed by atoms with E-state index >= 15 is 0 Å². The Bertz CT molecular complexity index is 2000. The van der Waals surface area contributed by atoms with Crippen LogP contribution in [0.4, 0.5) is 0 Å². The van der Waals surface area contributed by atoms with Crippen LogP contribution in [0, 0.1) is 0 Å². The minimum Gasteiger partial charge on any atom is -0.462 e. The van der Waals surface area contributed by atoms with Gasteiger partial charge in [0.05, 0.1) is 38.6 Å². The average Bonchev–Trinajstić information content (AvgIpc) is 0.785. The first kappa shape index (κ1) is 88.2. The van der Waals surface area contributed by atoms with E-state index in [0.717, 1.165) is 167 Å². The van der Waals surface area contributed by atoms with Gasteiger partial charge in [-0.05, 0) is 44.9 Å². The average molecular weight is 1380 g/mol. The molecule has 5 unspecified atom stereocenters. The molecule has 0 aliphatic carbocycles. The summed E-state index contributed by atoms with van der Waals surface area (Å²) in [4.78, 5) is 90.1. The second-order valence-corrected chi connectivity index (χ2v) is 28.4. The molecule has 2 fully saturated rings. The molecule has 558 valence electrons. The minimum absolute atomic E-state index is 0.128. The third-order valence-electron chi connectivity index (χ3n) is 18.3. The van der Waals surface area contributed by atoms with Crippen LogP contribution in [-0.2, 0) is 61.5 Å². The Morgan fingerprint density at radius 1 is 0.442 bits per heavy atom. The maximum atomic E-state index is 14.7. The number of hydrogen-bond donors (Lipinski definition) is 9. The summed E-state index contributed by atoms with van der Waals surface area (Å²) in [7, 11) is -5.54. The van der Waals surface area contributed by atoms with Crippen molar-refractivity contribution in [3.8, 4) is 0 Å². The van der Waals surface area contributed by atoms with Crippen LogP contribution < -0.4 is 10.6 Å². The van der Waals surface area contributed by atoms with Gasteiger partial charge in [0.1, 0.15) is 54.8 Å². The highest BCUT2D eigenvalue weighted by Crippen LogP contribution is 2.43. The van der Waals surface area contributed by atoms with Crippen molar-refractivity contribution < 1.29 is 96.8 Å². The molecule has 0 aromatic heterocycles. The van der Waals surface area contributed by atoms with Crippen LogP contribution in [0.5, 0.6) is 0 Å². The first-order valence-electron chi connectivity index (χ1n) is 38.0. The molecule has 0 saturated carbocycles. The predicted octanol–water partition coefficient (Wildman–Crippen LogP) is 13.1. The molecule has 9 N–H and O–H groups in total. The Labute approximate surface area is 571 Å². The summed E-state index contributed by atoms with van der Waals surface area (Å²) >= 11 is 0. The molecule has 2 saturated heterocycles. The lowest BCUT2D eigenvalue weighted by Crippen LogP contribution is -2.67. The van der Waals surface area contributed by atoms with Crippen LogP contribution in [-0.4, -0.2) is 158 Å². The number of hydrogen-bond acceptors (Lipinski definition) is 18. The summed E-state index contributed by atoms with van der Waals surface area (Å²) in [5, 5.41) is 60.8. The number of esters is 3. The summed E-state index contributed by atoms with van der Waals surface area (Å²) in [6.45, 7) is 9.02. The van der Waals surface area contributed by atoms with Gasteiger partial charge < -0.3 is 74.4 Å². The van der Waals surface area contributed by atoms with Crippen molar-refractivity contribution in [2.75, 3.05) is 13.2 Å². The summed E-state index contributed by atoms with van der Waals surface area (Å²) in [5.41, 5.74) is 0. The zero-order valence-corrected chi connectivity index (χ0v) is 60.4. The van der Waals surface area contributed by atoms with E-state index in [1.54, 1.807) is 0 Å². The Hall–Kier alpha value is -2.86. The summed E-state index contributed by atoms with van der Waals surface area (Å²) in [5.74, 6) is -3.49. The monoisotopic (exact) mass is 1380 g/mol. The number of carbonyl (C=O) groups excluding carboxylic acids is 5. The summed E-state index contributed by atoms with van der Waals surface area (Å²) in [6.07, 6.45) is 21.6. The first-order valence-corrected chi connectivity index (χ1v) is 39.5. The lowest BCUT2D eigenvalue weighted by molar-refractivity contribution is -0.297. The highest BCUT2D eigenvalue weighted by molar-refractivity contribution is 7.46. The van der Waals surface area contributed by atoms with Crippen molar-refractivity contribution in [3.05, 3.63) is 0 Å². The van der Waals surface area contributed by atoms with Gasteiger partial charge in [0, 0.05) is 12.8 Å². The van der Waals surface area contributed by atoms with E-state index in [9.17, 15) is 63.9 Å². The Morgan fingerprint density at radius 2 is 0.821 bits per heavy atom. The highest BCUT2D eigenvalue weighted by Gasteiger charge is 2.53. The number of unbranched alkanes of at least 4 members (excludes halogenated alkanes) is 34. The van der Waals surface area contributed by atoms with Gasteiger partial charge in [-0.15, -0.1) is 0 Å². The first-order chi connectivity index (χ1) is 45.8. The molecule has 0 spiro atoms. The van der Waals surface area contributed by atoms with E-state index in [-0.39, 0.29) is 19.3 Å². The molecule has 2 aliphatic heterocycles. The minimum atomic E-state index is -5.54. The number of amides is 2. The van der Waals surface area contributed by atoms with Crippen molar-refractivity contribution in [2.24, 2.45) is 0 Å². The molecule has 0 aromatic carbocycles. The number of aliphatic hydroxyl groups excluding tert-OH is 5. The van der Waals surface area contributed by atoms with Gasteiger partial charge in [-0.3, -0.25) is 28.5 Å². The Morgan fingerprint density at radius 3 is 1.24 bits per heavy atom. The van der Waals surface area contributed by atoms with Crippen LogP contribution >= 0.6 is 7.82 Å². The van der Waals surface area contributed by atoms with Crippen LogP contribution in [0.3, 0.4) is 0 Å². The maximum Gasteiger partial charge on any atom is 0.470 e. The fraction of sp³-hybridized carbons (Fsp3) is 0.931. The standard InChI is InChI=1S/C72H135N2O20P/c1-6-11-16-21-26-28-33-38-43-48-62(79)89-56(46-41-36-31-24-19-14-9-4)51-61(78)74-66-70(93-64(81)52-57(47-42-37-32-25-20-15-10-5)90-63(80)49-44-39-34-29-27-22-17-12-7-2)69(94-95(85,86)87)58(53-75)92-72(66)88-54-59-67(82)68(83)65(71(84)91-59)73-60(77)50-55(76)45-40-35-30-23-18-13-8-3/h55-59,65-72,75-76,82-84H,6-54H2,1-5H3,(H,73,77)(H,74,78)(H2,85,86,87)/t55-,56-,57-,58?,59?,65?,66+,67-,68-,69-,70?,71?,72-/m1/s1. The molecule has 23 heteroatoms. The second-order valence-electron chi connectivity index (χ2n) is 27.2. The molecular weight excluding hydrogens is 1240 g/mol. The SMILES string of the molecule is CCCCCCCCCCCC(=O)O[C@H](CCCCCCCCC)CC(=O)N[C@H]1C(OC(=O)C[C@@H](CCCCCCCCC)OC(=O)CCCCCCCCCCC)[C@H](OP(=O)(O)O)C(CO)O[C@H]1OCC1OC(O)C(NC(=O)C[C@H](O)CCCCCCCCC)[C@@H](O)[C@@H]1O. The molecule has 0 bridgehead atoms. The fourth-order valence-corrected chi connectivity index (χ4v) is 13.2. The summed E-state index contributed by atoms with van der Waals surface area (Å²) in [6, 6.07) is -3.31. The van der Waals surface area contributed by atoms with E-state index in [0.29, 0.717) is 51.4 Å². The Kier molecular flexibility index (Phi) is 51.9. The summed E-state index contributed by atoms with van der Waals surface area (Å²) < 4.78 is 54.3. The molecule has 22 nitrogen and oxygen atoms in total. The third kappa shape index (κ3) is 42.8. The molecule has 2 rings (SSSR count). The number of nitrogens with one attached hydrogen (secondary N) is 2. The quantitative estimate of drug-likeness (QED) is 0.0118. The van der Waals surface area contributed by atoms with Crippen molar-refractivity contribution in [1.29, 1.82) is 0 Å². The molecule has 13 atom stereocenters. The zero-order chi connectivity index (χ0) is 69.9. The van der Waals surface area contributed by atoms with E-state index in [4.69, 9.17) is 32.9 Å². The van der Waals surface area contributed by atoms with Gasteiger partial charge in [0.2, 0.25) is 11.8 Å². The highest BCUT2D eigenvalue weighted by atomic mass is 31.2. The van der Waals surface area contributed by atoms with Gasteiger partial charge >= 0.3 is 25.7 Å². The van der Waals surface area contributed by atoms with Crippen LogP contribution in [0.2, 0.25) is 0 Å². The lowest BCUT2D eigenvalue weighted by Gasteiger charge is -2.46. The van der Waals surface area contributed by atoms with Crippen molar-refractivity contribution >= 4 is 37.5 Å². The van der Waals surface area contributed by atoms with Crippen LogP contribution in [0.1, 0.15) is 336 Å². The van der Waals surface area contributed by atoms with Gasteiger partial charge in [-0.25, -0.2) is 4.57 Å². The van der Waals surface area contributed by atoms with Gasteiger partial charge in [-0.2, -0.15) is 0 Å². The van der Waals surface area contributed by atoms with E-state index < -0.39 is 143 Å². The number of ether oxygens (including phenoxy) is 6. The molecule has 2 heterocycles. The van der Waals surface area contributed by atoms with Gasteiger partial charge in [0.25, 0.3) is 0 Å². The number of rotatable bonds is 61. The van der Waals surface area contributed by atoms with Gasteiger partial charge in [-0.1, -0.05) is 259 Å². The smallest absolute Gasteiger partial charge is 0.462 e. The molecule has 0 radical (unpaired) electrons. The van der Waals surface area contributed by atoms with Crippen LogP contribution in [0.15, 0.2) is 0 Å². The van der Waals surface area contributed by atoms with Crippen molar-refractivity contribution in [1.82, 2.24) is 10.6 Å². The van der Waals surface area contributed by atoms with Crippen LogP contribution in [0.25, 0.3) is 0 Å². The predicted molar refractivity (Wildman–Crippen MR) is 366 cm³/mol. The van der Waals surface area contributed by atoms with Crippen molar-refractivity contribution in [2.45, 2.75) is 416 Å². The maximum absolute atomic E-state index is 14.7. The molecule has 0 aromatic rings. The zero-order valence-electron chi connectivity index (χ0n) is 59.5. The Balaban J connectivity index is 2.54. The molecular formula is C72H135N2O20P. The van der Waals surface area contributed by atoms with Gasteiger partial charge in [0.15, 0.2) is 18.7 Å². The molecule has 2 amide bonds. The number of phosphoric acid groups is 1. The number of aliphatic hydroxyl groups is 5. The number of phosphoric ester groups is 1. The third-order valence-corrected chi connectivity index (χ3v) is 18.9. The largest absolute Gasteiger partial charge is 0.470 e. The van der Waals surface area contributed by atoms with E-state index in [2.05, 4.69) is 45.3 Å². The lowest BCUT2D eigenvalue weighted by atomic mass is 9.95.